The summed E-state index contributed by atoms with van der Waals surface area (Å²) in [5.74, 6) is 0.0846. The molecule has 0 amide bonds. The van der Waals surface area contributed by atoms with Gasteiger partial charge in [0.2, 0.25) is 0 Å². The van der Waals surface area contributed by atoms with Crippen molar-refractivity contribution in [3.8, 4) is 0 Å². The predicted molar refractivity (Wildman–Crippen MR) is 77.0 cm³/mol. The fourth-order valence-electron chi connectivity index (χ4n) is 2.68. The number of nitrogens with one attached hydrogen (secondary N) is 1. The summed E-state index contributed by atoms with van der Waals surface area (Å²) >= 11 is 0. The zero-order valence-electron chi connectivity index (χ0n) is 11.9. The third-order valence-corrected chi connectivity index (χ3v) is 3.59. The first kappa shape index (κ1) is 13.8. The van der Waals surface area contributed by atoms with Gasteiger partial charge in [-0.15, -0.1) is 0 Å². The Kier molecular flexibility index (Phi) is 4.04. The molecule has 0 radical (unpaired) electrons. The Morgan fingerprint density at radius 2 is 2.32 bits per heavy atom. The second-order valence-electron chi connectivity index (χ2n) is 4.99. The Bertz CT molecular complexity index is 487. The Morgan fingerprint density at radius 3 is 2.95 bits per heavy atom. The lowest BCUT2D eigenvalue weighted by Crippen LogP contribution is -2.46. The van der Waals surface area contributed by atoms with E-state index in [4.69, 9.17) is 15.9 Å². The van der Waals surface area contributed by atoms with Gasteiger partial charge in [-0.25, -0.2) is 0 Å². The molecule has 3 N–H and O–H groups in total. The van der Waals surface area contributed by atoms with Crippen molar-refractivity contribution in [2.45, 2.75) is 33.2 Å². The molecule has 2 rings (SSSR count). The molecule has 1 saturated heterocycles. The van der Waals surface area contributed by atoms with E-state index in [1.54, 1.807) is 0 Å². The molecule has 1 aliphatic rings. The highest BCUT2D eigenvalue weighted by Crippen LogP contribution is 2.27. The molecule has 5 nitrogen and oxygen atoms in total. The van der Waals surface area contributed by atoms with Crippen molar-refractivity contribution in [3.05, 3.63) is 23.0 Å². The summed E-state index contributed by atoms with van der Waals surface area (Å²) in [5.41, 5.74) is 9.30. The van der Waals surface area contributed by atoms with E-state index in [-0.39, 0.29) is 5.84 Å². The van der Waals surface area contributed by atoms with E-state index >= 15 is 0 Å². The van der Waals surface area contributed by atoms with E-state index in [0.29, 0.717) is 12.6 Å². The van der Waals surface area contributed by atoms with Gasteiger partial charge in [0.1, 0.15) is 5.84 Å². The van der Waals surface area contributed by atoms with Gasteiger partial charge >= 0.3 is 0 Å². The molecule has 2 heterocycles. The lowest BCUT2D eigenvalue weighted by molar-refractivity contribution is 0.0929. The van der Waals surface area contributed by atoms with Gasteiger partial charge in [0, 0.05) is 12.2 Å². The number of anilines is 1. The lowest BCUT2D eigenvalue weighted by atomic mass is 10.1. The number of morpholine rings is 1. The summed E-state index contributed by atoms with van der Waals surface area (Å²) < 4.78 is 5.54. The van der Waals surface area contributed by atoms with E-state index in [1.165, 1.54) is 0 Å². The second kappa shape index (κ2) is 5.57. The van der Waals surface area contributed by atoms with Gasteiger partial charge in [0.15, 0.2) is 0 Å². The largest absolute Gasteiger partial charge is 0.384 e. The van der Waals surface area contributed by atoms with Gasteiger partial charge < -0.3 is 15.4 Å². The first-order chi connectivity index (χ1) is 9.04. The van der Waals surface area contributed by atoms with Gasteiger partial charge in [-0.05, 0) is 26.3 Å². The molecule has 1 aromatic heterocycles. The van der Waals surface area contributed by atoms with Crippen LogP contribution in [0.3, 0.4) is 0 Å². The number of hydrogen-bond donors (Lipinski definition) is 2. The van der Waals surface area contributed by atoms with E-state index in [1.807, 2.05) is 19.9 Å². The van der Waals surface area contributed by atoms with Crippen LogP contribution in [-0.4, -0.2) is 36.6 Å². The van der Waals surface area contributed by atoms with Crippen molar-refractivity contribution in [2.24, 2.45) is 5.73 Å². The van der Waals surface area contributed by atoms with E-state index in [0.717, 1.165) is 42.2 Å². The van der Waals surface area contributed by atoms with Crippen LogP contribution in [0.25, 0.3) is 0 Å². The minimum Gasteiger partial charge on any atom is -0.384 e. The molecule has 0 bridgehead atoms. The summed E-state index contributed by atoms with van der Waals surface area (Å²) in [6, 6.07) is 2.37. The number of nitrogens with two attached hydrogens (primary N) is 1. The zero-order chi connectivity index (χ0) is 14.0. The third-order valence-electron chi connectivity index (χ3n) is 3.59. The molecule has 1 atom stereocenters. The van der Waals surface area contributed by atoms with E-state index in [9.17, 15) is 0 Å². The standard InChI is InChI=1S/C14H22N4O/c1-4-11-8-19-6-5-18(11)12-7-9(2)17-10(3)13(12)14(15)16/h7,11H,4-6,8H2,1-3H3,(H3,15,16). The zero-order valence-corrected chi connectivity index (χ0v) is 11.9. The number of pyridine rings is 1. The molecule has 1 aromatic rings. The molecular formula is C14H22N4O. The fourth-order valence-corrected chi connectivity index (χ4v) is 2.68. The summed E-state index contributed by atoms with van der Waals surface area (Å²) in [6.07, 6.45) is 1.01. The minimum atomic E-state index is 0.0846. The highest BCUT2D eigenvalue weighted by Gasteiger charge is 2.25. The molecule has 0 aliphatic carbocycles. The average molecular weight is 262 g/mol. The molecule has 104 valence electrons. The van der Waals surface area contributed by atoms with Crippen molar-refractivity contribution in [3.63, 3.8) is 0 Å². The van der Waals surface area contributed by atoms with Gasteiger partial charge in [-0.1, -0.05) is 6.92 Å². The maximum absolute atomic E-state index is 7.81. The van der Waals surface area contributed by atoms with Gasteiger partial charge in [-0.2, -0.15) is 0 Å². The summed E-state index contributed by atoms with van der Waals surface area (Å²) in [4.78, 5) is 6.73. The van der Waals surface area contributed by atoms with Crippen LogP contribution in [-0.2, 0) is 4.74 Å². The monoisotopic (exact) mass is 262 g/mol. The van der Waals surface area contributed by atoms with Crippen LogP contribution in [0.4, 0.5) is 5.69 Å². The van der Waals surface area contributed by atoms with Crippen LogP contribution in [0.15, 0.2) is 6.07 Å². The summed E-state index contributed by atoms with van der Waals surface area (Å²) in [5, 5.41) is 7.81. The number of aryl methyl sites for hydroxylation is 2. The fraction of sp³-hybridized carbons (Fsp3) is 0.571. The van der Waals surface area contributed by atoms with Crippen LogP contribution in [0.2, 0.25) is 0 Å². The van der Waals surface area contributed by atoms with Crippen molar-refractivity contribution >= 4 is 11.5 Å². The van der Waals surface area contributed by atoms with Gasteiger partial charge in [0.05, 0.1) is 36.2 Å². The molecule has 0 spiro atoms. The van der Waals surface area contributed by atoms with Crippen LogP contribution in [0.1, 0.15) is 30.3 Å². The molecule has 5 heteroatoms. The molecule has 19 heavy (non-hydrogen) atoms. The Balaban J connectivity index is 2.50. The first-order valence-electron chi connectivity index (χ1n) is 6.71. The number of nitrogens with zero attached hydrogens (tertiary/aromatic N) is 2. The second-order valence-corrected chi connectivity index (χ2v) is 4.99. The number of aromatic nitrogens is 1. The molecular weight excluding hydrogens is 240 g/mol. The third kappa shape index (κ3) is 2.71. The Morgan fingerprint density at radius 1 is 1.58 bits per heavy atom. The lowest BCUT2D eigenvalue weighted by Gasteiger charge is -2.38. The van der Waals surface area contributed by atoms with Gasteiger partial charge in [-0.3, -0.25) is 10.4 Å². The first-order valence-corrected chi connectivity index (χ1v) is 6.71. The van der Waals surface area contributed by atoms with Crippen LogP contribution < -0.4 is 10.6 Å². The van der Waals surface area contributed by atoms with Gasteiger partial charge in [0.25, 0.3) is 0 Å². The maximum Gasteiger partial charge on any atom is 0.126 e. The van der Waals surface area contributed by atoms with Crippen molar-refractivity contribution < 1.29 is 4.74 Å². The number of amidine groups is 1. The number of nitrogen functional groups attached to an aromatic ring is 1. The van der Waals surface area contributed by atoms with Crippen LogP contribution >= 0.6 is 0 Å². The van der Waals surface area contributed by atoms with E-state index in [2.05, 4.69) is 16.8 Å². The van der Waals surface area contributed by atoms with Crippen LogP contribution in [0.5, 0.6) is 0 Å². The average Bonchev–Trinajstić information content (AvgIpc) is 2.37. The smallest absolute Gasteiger partial charge is 0.126 e. The topological polar surface area (TPSA) is 75.2 Å². The highest BCUT2D eigenvalue weighted by atomic mass is 16.5. The Labute approximate surface area is 114 Å². The SMILES string of the molecule is CCC1COCCN1c1cc(C)nc(C)c1C(=N)N. The Hall–Kier alpha value is -1.62. The normalized spacial score (nSPS) is 19.5. The molecule has 1 aliphatic heterocycles. The number of hydrogen-bond acceptors (Lipinski definition) is 4. The highest BCUT2D eigenvalue weighted by molar-refractivity contribution is 6.01. The molecule has 0 saturated carbocycles. The maximum atomic E-state index is 7.81. The summed E-state index contributed by atoms with van der Waals surface area (Å²) in [7, 11) is 0. The van der Waals surface area contributed by atoms with Crippen molar-refractivity contribution in [1.29, 1.82) is 5.41 Å². The van der Waals surface area contributed by atoms with Crippen molar-refractivity contribution in [2.75, 3.05) is 24.7 Å². The number of rotatable bonds is 3. The molecule has 0 aromatic carbocycles. The van der Waals surface area contributed by atoms with Crippen molar-refractivity contribution in [1.82, 2.24) is 4.98 Å². The van der Waals surface area contributed by atoms with Crippen LogP contribution in [0, 0.1) is 19.3 Å². The number of ether oxygens (including phenoxy) is 1. The summed E-state index contributed by atoms with van der Waals surface area (Å²) in [6.45, 7) is 8.32. The van der Waals surface area contributed by atoms with E-state index < -0.39 is 0 Å². The molecule has 1 unspecified atom stereocenters. The quantitative estimate of drug-likeness (QED) is 0.641. The molecule has 1 fully saturated rings. The predicted octanol–water partition coefficient (Wildman–Crippen LogP) is 1.60. The minimum absolute atomic E-state index is 0.0846.